The summed E-state index contributed by atoms with van der Waals surface area (Å²) in [5.41, 5.74) is 0. The first-order valence-corrected chi connectivity index (χ1v) is 9.75. The van der Waals surface area contributed by atoms with E-state index in [0.717, 1.165) is 30.8 Å². The maximum absolute atomic E-state index is 12.6. The van der Waals surface area contributed by atoms with Crippen LogP contribution in [-0.4, -0.2) is 45.5 Å². The van der Waals surface area contributed by atoms with E-state index in [1.807, 2.05) is 12.4 Å². The Balaban J connectivity index is 2.07. The summed E-state index contributed by atoms with van der Waals surface area (Å²) in [7, 11) is -1.39. The highest BCUT2D eigenvalue weighted by atomic mass is 32.2. The van der Waals surface area contributed by atoms with Gasteiger partial charge in [-0.3, -0.25) is 0 Å². The molecule has 1 aromatic heterocycles. The van der Waals surface area contributed by atoms with E-state index >= 15 is 0 Å². The van der Waals surface area contributed by atoms with Crippen molar-refractivity contribution in [2.45, 2.75) is 50.2 Å². The second-order valence-electron chi connectivity index (χ2n) is 5.97. The van der Waals surface area contributed by atoms with Crippen LogP contribution in [0.3, 0.4) is 0 Å². The number of likely N-dealkylation sites (tertiary alicyclic amines) is 1. The number of nitrogens with one attached hydrogen (secondary N) is 2. The Morgan fingerprint density at radius 3 is 2.90 bits per heavy atom. The smallest absolute Gasteiger partial charge is 0.242 e. The average molecular weight is 332 g/mol. The van der Waals surface area contributed by atoms with E-state index in [4.69, 9.17) is 0 Å². The molecule has 7 heteroatoms. The summed E-state index contributed by atoms with van der Waals surface area (Å²) in [6.45, 7) is 6.52. The third-order valence-corrected chi connectivity index (χ3v) is 6.27. The molecule has 2 N–H and O–H groups in total. The molecule has 1 aromatic rings. The highest BCUT2D eigenvalue weighted by molar-refractivity contribution is 7.89. The van der Waals surface area contributed by atoms with E-state index in [-0.39, 0.29) is 6.04 Å². The first kappa shape index (κ1) is 16.9. The van der Waals surface area contributed by atoms with E-state index in [2.05, 4.69) is 28.8 Å². The Kier molecular flexibility index (Phi) is 5.79. The standard InChI is InChI=1S/C14H25N3O2S2/c1-11(2)15-9-13-14(6-8-20-13)21(18,19)16-12-5-4-7-17(3)10-12/h6,8,11-12,15-16H,4-5,7,9-10H2,1-3H3. The monoisotopic (exact) mass is 331 g/mol. The quantitative estimate of drug-likeness (QED) is 0.831. The van der Waals surface area contributed by atoms with Crippen molar-refractivity contribution in [3.63, 3.8) is 0 Å². The van der Waals surface area contributed by atoms with E-state index in [1.54, 1.807) is 6.07 Å². The minimum atomic E-state index is -3.42. The van der Waals surface area contributed by atoms with Crippen LogP contribution in [-0.2, 0) is 16.6 Å². The number of nitrogens with zero attached hydrogens (tertiary/aromatic N) is 1. The van der Waals surface area contributed by atoms with Gasteiger partial charge in [0.05, 0.1) is 4.90 Å². The van der Waals surface area contributed by atoms with Gasteiger partial charge < -0.3 is 10.2 Å². The van der Waals surface area contributed by atoms with Crippen LogP contribution in [0.5, 0.6) is 0 Å². The summed E-state index contributed by atoms with van der Waals surface area (Å²) < 4.78 is 28.0. The number of piperidine rings is 1. The summed E-state index contributed by atoms with van der Waals surface area (Å²) >= 11 is 1.49. The zero-order chi connectivity index (χ0) is 15.5. The molecule has 2 heterocycles. The minimum absolute atomic E-state index is 0.0135. The maximum atomic E-state index is 12.6. The lowest BCUT2D eigenvalue weighted by Gasteiger charge is -2.30. The van der Waals surface area contributed by atoms with Crippen molar-refractivity contribution in [1.29, 1.82) is 0 Å². The average Bonchev–Trinajstić information content (AvgIpc) is 2.85. The summed E-state index contributed by atoms with van der Waals surface area (Å²) in [4.78, 5) is 3.47. The van der Waals surface area contributed by atoms with E-state index in [0.29, 0.717) is 17.5 Å². The largest absolute Gasteiger partial charge is 0.310 e. The molecular weight excluding hydrogens is 306 g/mol. The predicted molar refractivity (Wildman–Crippen MR) is 87.1 cm³/mol. The van der Waals surface area contributed by atoms with Gasteiger partial charge in [0.1, 0.15) is 0 Å². The predicted octanol–water partition coefficient (Wildman–Crippen LogP) is 1.62. The molecule has 1 unspecified atom stereocenters. The van der Waals surface area contributed by atoms with Crippen LogP contribution < -0.4 is 10.0 Å². The summed E-state index contributed by atoms with van der Waals surface area (Å²) in [6, 6.07) is 2.05. The molecule has 0 amide bonds. The van der Waals surface area contributed by atoms with Crippen LogP contribution in [0.2, 0.25) is 0 Å². The zero-order valence-corrected chi connectivity index (χ0v) is 14.6. The van der Waals surface area contributed by atoms with Crippen LogP contribution in [0.4, 0.5) is 0 Å². The maximum Gasteiger partial charge on any atom is 0.242 e. The number of thiophene rings is 1. The number of hydrogen-bond acceptors (Lipinski definition) is 5. The topological polar surface area (TPSA) is 61.4 Å². The van der Waals surface area contributed by atoms with Crippen LogP contribution in [0, 0.1) is 0 Å². The normalized spacial score (nSPS) is 21.0. The van der Waals surface area contributed by atoms with Crippen molar-refractivity contribution >= 4 is 21.4 Å². The van der Waals surface area contributed by atoms with Gasteiger partial charge in [-0.2, -0.15) is 0 Å². The molecule has 1 fully saturated rings. The zero-order valence-electron chi connectivity index (χ0n) is 12.9. The van der Waals surface area contributed by atoms with Gasteiger partial charge in [0.2, 0.25) is 10.0 Å². The summed E-state index contributed by atoms with van der Waals surface area (Å²) in [6.07, 6.45) is 1.95. The molecule has 21 heavy (non-hydrogen) atoms. The lowest BCUT2D eigenvalue weighted by Crippen LogP contribution is -2.46. The first-order chi connectivity index (χ1) is 9.88. The fourth-order valence-corrected chi connectivity index (χ4v) is 5.20. The van der Waals surface area contributed by atoms with Crippen molar-refractivity contribution in [2.75, 3.05) is 20.1 Å². The van der Waals surface area contributed by atoms with Gasteiger partial charge in [-0.1, -0.05) is 13.8 Å². The molecule has 1 saturated heterocycles. The lowest BCUT2D eigenvalue weighted by molar-refractivity contribution is 0.242. The molecule has 0 saturated carbocycles. The third kappa shape index (κ3) is 4.75. The minimum Gasteiger partial charge on any atom is -0.310 e. The van der Waals surface area contributed by atoms with Gasteiger partial charge in [-0.15, -0.1) is 11.3 Å². The van der Waals surface area contributed by atoms with E-state index in [9.17, 15) is 8.42 Å². The number of likely N-dealkylation sites (N-methyl/N-ethyl adjacent to an activating group) is 1. The van der Waals surface area contributed by atoms with Gasteiger partial charge in [0.25, 0.3) is 0 Å². The van der Waals surface area contributed by atoms with Gasteiger partial charge in [0, 0.05) is 30.1 Å². The molecule has 5 nitrogen and oxygen atoms in total. The van der Waals surface area contributed by atoms with Gasteiger partial charge >= 0.3 is 0 Å². The van der Waals surface area contributed by atoms with Gasteiger partial charge in [-0.25, -0.2) is 13.1 Å². The lowest BCUT2D eigenvalue weighted by atomic mass is 10.1. The molecule has 1 aliphatic heterocycles. The summed E-state index contributed by atoms with van der Waals surface area (Å²) in [5, 5.41) is 5.13. The third-order valence-electron chi connectivity index (χ3n) is 3.61. The fourth-order valence-electron chi connectivity index (χ4n) is 2.54. The molecule has 0 aromatic carbocycles. The number of rotatable bonds is 6. The Bertz CT molecular complexity index is 554. The number of hydrogen-bond donors (Lipinski definition) is 2. The van der Waals surface area contributed by atoms with Crippen LogP contribution in [0.15, 0.2) is 16.3 Å². The molecule has 0 radical (unpaired) electrons. The van der Waals surface area contributed by atoms with Crippen molar-refractivity contribution in [3.05, 3.63) is 16.3 Å². The van der Waals surface area contributed by atoms with Crippen molar-refractivity contribution in [3.8, 4) is 0 Å². The van der Waals surface area contributed by atoms with Crippen molar-refractivity contribution in [1.82, 2.24) is 14.9 Å². The molecule has 2 rings (SSSR count). The molecule has 0 aliphatic carbocycles. The molecule has 0 spiro atoms. The number of sulfonamides is 1. The van der Waals surface area contributed by atoms with Crippen molar-refractivity contribution < 1.29 is 8.42 Å². The molecule has 120 valence electrons. The Hall–Kier alpha value is -0.470. The molecule has 0 bridgehead atoms. The second kappa shape index (κ2) is 7.19. The van der Waals surface area contributed by atoms with E-state index < -0.39 is 10.0 Å². The first-order valence-electron chi connectivity index (χ1n) is 7.39. The van der Waals surface area contributed by atoms with Crippen molar-refractivity contribution in [2.24, 2.45) is 0 Å². The van der Waals surface area contributed by atoms with Crippen LogP contribution >= 0.6 is 11.3 Å². The van der Waals surface area contributed by atoms with Crippen LogP contribution in [0.25, 0.3) is 0 Å². The highest BCUT2D eigenvalue weighted by Gasteiger charge is 2.26. The Labute approximate surface area is 131 Å². The Morgan fingerprint density at radius 2 is 2.24 bits per heavy atom. The Morgan fingerprint density at radius 1 is 1.48 bits per heavy atom. The highest BCUT2D eigenvalue weighted by Crippen LogP contribution is 2.23. The van der Waals surface area contributed by atoms with Crippen LogP contribution in [0.1, 0.15) is 31.6 Å². The molecular formula is C14H25N3O2S2. The van der Waals surface area contributed by atoms with Gasteiger partial charge in [0.15, 0.2) is 0 Å². The van der Waals surface area contributed by atoms with E-state index in [1.165, 1.54) is 11.3 Å². The SMILES string of the molecule is CC(C)NCc1sccc1S(=O)(=O)NC1CCCN(C)C1. The second-order valence-corrected chi connectivity index (χ2v) is 8.65. The fraction of sp³-hybridized carbons (Fsp3) is 0.714. The molecule has 1 atom stereocenters. The summed E-state index contributed by atoms with van der Waals surface area (Å²) in [5.74, 6) is 0. The molecule has 1 aliphatic rings. The van der Waals surface area contributed by atoms with Gasteiger partial charge in [-0.05, 0) is 37.9 Å².